The Hall–Kier alpha value is -2.24. The Balaban J connectivity index is 1.18. The maximum absolute atomic E-state index is 12.7. The highest BCUT2D eigenvalue weighted by Crippen LogP contribution is 2.23. The van der Waals surface area contributed by atoms with Gasteiger partial charge in [0.25, 0.3) is 0 Å². The number of halogens is 1. The maximum atomic E-state index is 12.7. The Morgan fingerprint density at radius 1 is 0.897 bits per heavy atom. The molecule has 2 heterocycles. The van der Waals surface area contributed by atoms with Crippen LogP contribution in [-0.2, 0) is 0 Å². The average molecular weight is 414 g/mol. The lowest BCUT2D eigenvalue weighted by molar-refractivity contribution is 0.133. The summed E-state index contributed by atoms with van der Waals surface area (Å²) in [6, 6.07) is 17.6. The predicted octanol–water partition coefficient (Wildman–Crippen LogP) is 4.37. The van der Waals surface area contributed by atoms with Crippen molar-refractivity contribution in [3.63, 3.8) is 0 Å². The monoisotopic (exact) mass is 413 g/mol. The number of para-hydroxylation sites is 1. The van der Waals surface area contributed by atoms with Crippen LogP contribution >= 0.6 is 11.6 Å². The van der Waals surface area contributed by atoms with Crippen LogP contribution in [0.25, 0.3) is 0 Å². The van der Waals surface area contributed by atoms with Crippen LogP contribution < -0.4 is 9.64 Å². The largest absolute Gasteiger partial charge is 0.493 e. The fourth-order valence-electron chi connectivity index (χ4n) is 4.02. The molecule has 29 heavy (non-hydrogen) atoms. The molecular formula is C23H28ClN3O2. The molecule has 0 bridgehead atoms. The Kier molecular flexibility index (Phi) is 6.57. The fraction of sp³-hybridized carbons (Fsp3) is 0.435. The number of rotatable bonds is 7. The van der Waals surface area contributed by atoms with Crippen molar-refractivity contribution in [2.75, 3.05) is 50.8 Å². The third-order valence-corrected chi connectivity index (χ3v) is 6.11. The van der Waals surface area contributed by atoms with E-state index in [9.17, 15) is 4.79 Å². The van der Waals surface area contributed by atoms with E-state index < -0.39 is 0 Å². The number of urea groups is 1. The summed E-state index contributed by atoms with van der Waals surface area (Å²) in [5, 5.41) is 0.690. The number of carbonyl (C=O) groups excluding carboxylic acids is 1. The number of amides is 2. The van der Waals surface area contributed by atoms with Gasteiger partial charge in [0, 0.05) is 36.9 Å². The molecular weight excluding hydrogens is 386 g/mol. The zero-order chi connectivity index (χ0) is 20.1. The molecule has 2 aromatic carbocycles. The summed E-state index contributed by atoms with van der Waals surface area (Å²) in [5.74, 6) is 1.56. The maximum Gasteiger partial charge on any atom is 0.324 e. The minimum absolute atomic E-state index is 0.0958. The molecule has 2 saturated heterocycles. The first-order valence-corrected chi connectivity index (χ1v) is 10.8. The Labute approximate surface area is 177 Å². The van der Waals surface area contributed by atoms with Gasteiger partial charge in [-0.05, 0) is 68.2 Å². The van der Waals surface area contributed by atoms with Crippen molar-refractivity contribution in [3.8, 4) is 5.75 Å². The van der Waals surface area contributed by atoms with Gasteiger partial charge in [-0.25, -0.2) is 4.79 Å². The molecule has 2 amide bonds. The molecule has 6 heteroatoms. The van der Waals surface area contributed by atoms with Crippen molar-refractivity contribution in [2.45, 2.75) is 12.8 Å². The number of anilines is 1. The van der Waals surface area contributed by atoms with Crippen molar-refractivity contribution in [3.05, 3.63) is 59.6 Å². The summed E-state index contributed by atoms with van der Waals surface area (Å²) in [5.41, 5.74) is 0.918. The molecule has 2 aliphatic heterocycles. The smallest absolute Gasteiger partial charge is 0.324 e. The van der Waals surface area contributed by atoms with Gasteiger partial charge < -0.3 is 14.5 Å². The third kappa shape index (κ3) is 5.22. The van der Waals surface area contributed by atoms with E-state index in [-0.39, 0.29) is 6.03 Å². The van der Waals surface area contributed by atoms with Crippen LogP contribution in [-0.4, -0.2) is 61.7 Å². The van der Waals surface area contributed by atoms with E-state index in [0.29, 0.717) is 10.9 Å². The van der Waals surface area contributed by atoms with Crippen molar-refractivity contribution in [2.24, 2.45) is 5.92 Å². The van der Waals surface area contributed by atoms with Gasteiger partial charge in [-0.2, -0.15) is 0 Å². The molecule has 2 aliphatic rings. The van der Waals surface area contributed by atoms with Crippen LogP contribution in [0, 0.1) is 5.92 Å². The summed E-state index contributed by atoms with van der Waals surface area (Å²) in [7, 11) is 0. The van der Waals surface area contributed by atoms with E-state index >= 15 is 0 Å². The Morgan fingerprint density at radius 3 is 2.34 bits per heavy atom. The second-order valence-corrected chi connectivity index (χ2v) is 8.24. The fourth-order valence-corrected chi connectivity index (χ4v) is 4.15. The van der Waals surface area contributed by atoms with E-state index in [4.69, 9.17) is 16.3 Å². The van der Waals surface area contributed by atoms with Gasteiger partial charge in [-0.15, -0.1) is 0 Å². The number of hydrogen-bond donors (Lipinski definition) is 0. The molecule has 0 atom stereocenters. The topological polar surface area (TPSA) is 36.0 Å². The van der Waals surface area contributed by atoms with Crippen molar-refractivity contribution in [1.82, 2.24) is 9.80 Å². The van der Waals surface area contributed by atoms with Crippen LogP contribution in [0.2, 0.25) is 5.02 Å². The third-order valence-electron chi connectivity index (χ3n) is 5.86. The van der Waals surface area contributed by atoms with Crippen molar-refractivity contribution in [1.29, 1.82) is 0 Å². The lowest BCUT2D eigenvalue weighted by Crippen LogP contribution is -2.41. The number of nitrogens with zero attached hydrogens (tertiary/aromatic N) is 3. The zero-order valence-electron chi connectivity index (χ0n) is 16.7. The molecule has 0 N–H and O–H groups in total. The molecule has 0 saturated carbocycles. The number of carbonyl (C=O) groups is 1. The van der Waals surface area contributed by atoms with E-state index in [2.05, 4.69) is 4.90 Å². The van der Waals surface area contributed by atoms with Crippen LogP contribution in [0.4, 0.5) is 10.5 Å². The van der Waals surface area contributed by atoms with Gasteiger partial charge in [0.1, 0.15) is 5.75 Å². The van der Waals surface area contributed by atoms with Gasteiger partial charge in [-0.3, -0.25) is 4.90 Å². The molecule has 2 aromatic rings. The molecule has 0 spiro atoms. The molecule has 154 valence electrons. The second kappa shape index (κ2) is 9.51. The van der Waals surface area contributed by atoms with Gasteiger partial charge in [0.15, 0.2) is 0 Å². The van der Waals surface area contributed by atoms with Gasteiger partial charge >= 0.3 is 6.03 Å². The predicted molar refractivity (Wildman–Crippen MR) is 117 cm³/mol. The van der Waals surface area contributed by atoms with Crippen LogP contribution in [0.1, 0.15) is 12.8 Å². The van der Waals surface area contributed by atoms with E-state index in [1.807, 2.05) is 64.4 Å². The highest BCUT2D eigenvalue weighted by molar-refractivity contribution is 6.30. The lowest BCUT2D eigenvalue weighted by atomic mass is 9.98. The number of benzene rings is 2. The summed E-state index contributed by atoms with van der Waals surface area (Å²) in [6.07, 6.45) is 2.30. The summed E-state index contributed by atoms with van der Waals surface area (Å²) in [4.78, 5) is 19.0. The molecule has 2 fully saturated rings. The SMILES string of the molecule is O=C1N(CCN2CCC(COc3ccccc3)CC2)CCN1c1ccc(Cl)cc1. The Bertz CT molecular complexity index is 792. The molecule has 0 unspecified atom stereocenters. The first-order chi connectivity index (χ1) is 14.2. The minimum Gasteiger partial charge on any atom is -0.493 e. The number of piperidine rings is 1. The summed E-state index contributed by atoms with van der Waals surface area (Å²) in [6.45, 7) is 6.18. The van der Waals surface area contributed by atoms with Crippen molar-refractivity contribution < 1.29 is 9.53 Å². The number of likely N-dealkylation sites (tertiary alicyclic amines) is 1. The van der Waals surface area contributed by atoms with Gasteiger partial charge in [0.05, 0.1) is 6.61 Å². The van der Waals surface area contributed by atoms with E-state index in [1.54, 1.807) is 0 Å². The lowest BCUT2D eigenvalue weighted by Gasteiger charge is -2.32. The standard InChI is InChI=1S/C23H28ClN3O2/c24-20-6-8-21(9-7-20)27-17-16-26(23(27)28)15-14-25-12-10-19(11-13-25)18-29-22-4-2-1-3-5-22/h1-9,19H,10-18H2. The molecule has 0 radical (unpaired) electrons. The number of ether oxygens (including phenoxy) is 1. The quantitative estimate of drug-likeness (QED) is 0.676. The van der Waals surface area contributed by atoms with Crippen LogP contribution in [0.15, 0.2) is 54.6 Å². The molecule has 4 rings (SSSR count). The molecule has 0 aromatic heterocycles. The summed E-state index contributed by atoms with van der Waals surface area (Å²) < 4.78 is 5.91. The first-order valence-electron chi connectivity index (χ1n) is 10.4. The van der Waals surface area contributed by atoms with Gasteiger partial charge in [0.2, 0.25) is 0 Å². The van der Waals surface area contributed by atoms with Crippen LogP contribution in [0.3, 0.4) is 0 Å². The average Bonchev–Trinajstić information content (AvgIpc) is 3.13. The van der Waals surface area contributed by atoms with E-state index in [1.165, 1.54) is 0 Å². The van der Waals surface area contributed by atoms with Crippen molar-refractivity contribution >= 4 is 23.3 Å². The zero-order valence-corrected chi connectivity index (χ0v) is 17.4. The first kappa shape index (κ1) is 20.0. The Morgan fingerprint density at radius 2 is 1.62 bits per heavy atom. The summed E-state index contributed by atoms with van der Waals surface area (Å²) >= 11 is 5.95. The molecule has 0 aliphatic carbocycles. The highest BCUT2D eigenvalue weighted by atomic mass is 35.5. The van der Waals surface area contributed by atoms with E-state index in [0.717, 1.165) is 70.2 Å². The van der Waals surface area contributed by atoms with Gasteiger partial charge in [-0.1, -0.05) is 29.8 Å². The minimum atomic E-state index is 0.0958. The highest BCUT2D eigenvalue weighted by Gasteiger charge is 2.30. The molecule has 5 nitrogen and oxygen atoms in total. The second-order valence-electron chi connectivity index (χ2n) is 7.81. The normalized spacial score (nSPS) is 18.4. The van der Waals surface area contributed by atoms with Crippen LogP contribution in [0.5, 0.6) is 5.75 Å². The number of hydrogen-bond acceptors (Lipinski definition) is 3.